The van der Waals surface area contributed by atoms with E-state index >= 15 is 0 Å². The number of halogens is 3. The molecule has 0 saturated carbocycles. The number of hydrogen-bond donors (Lipinski definition) is 2. The molecule has 0 radical (unpaired) electrons. The zero-order valence-electron chi connectivity index (χ0n) is 16.6. The summed E-state index contributed by atoms with van der Waals surface area (Å²) in [6.07, 6.45) is 1.77. The summed E-state index contributed by atoms with van der Waals surface area (Å²) < 4.78 is 40.0. The van der Waals surface area contributed by atoms with Gasteiger partial charge in [0.05, 0.1) is 12.5 Å². The van der Waals surface area contributed by atoms with E-state index in [4.69, 9.17) is 0 Å². The summed E-state index contributed by atoms with van der Waals surface area (Å²) in [5.41, 5.74) is 3.77. The van der Waals surface area contributed by atoms with Gasteiger partial charge in [0.25, 0.3) is 0 Å². The van der Waals surface area contributed by atoms with Gasteiger partial charge >= 0.3 is 6.18 Å². The fourth-order valence-corrected chi connectivity index (χ4v) is 4.75. The molecule has 1 amide bonds. The van der Waals surface area contributed by atoms with Crippen molar-refractivity contribution in [1.29, 1.82) is 0 Å². The molecule has 0 saturated heterocycles. The summed E-state index contributed by atoms with van der Waals surface area (Å²) in [6.45, 7) is 3.03. The SMILES string of the molecule is CCC[C@@H](C)NC(=O)[C@@H]1C=C2c3cccc4[nH]cc(c34)C[C@H]2N(CC(F)(F)F)C1. The van der Waals surface area contributed by atoms with Crippen LogP contribution in [0, 0.1) is 5.92 Å². The Morgan fingerprint density at radius 1 is 1.38 bits per heavy atom. The molecule has 156 valence electrons. The van der Waals surface area contributed by atoms with Crippen molar-refractivity contribution in [3.8, 4) is 0 Å². The van der Waals surface area contributed by atoms with Crippen LogP contribution in [0.2, 0.25) is 0 Å². The van der Waals surface area contributed by atoms with Crippen LogP contribution in [0.5, 0.6) is 0 Å². The van der Waals surface area contributed by atoms with Gasteiger partial charge in [-0.2, -0.15) is 13.2 Å². The average molecular weight is 405 g/mol. The lowest BCUT2D eigenvalue weighted by atomic mass is 9.79. The number of rotatable bonds is 5. The molecule has 0 unspecified atom stereocenters. The van der Waals surface area contributed by atoms with Gasteiger partial charge in [0.15, 0.2) is 0 Å². The van der Waals surface area contributed by atoms with Crippen molar-refractivity contribution in [2.45, 2.75) is 51.4 Å². The van der Waals surface area contributed by atoms with Gasteiger partial charge < -0.3 is 10.3 Å². The van der Waals surface area contributed by atoms with Crippen molar-refractivity contribution in [3.63, 3.8) is 0 Å². The van der Waals surface area contributed by atoms with Gasteiger partial charge in [0.2, 0.25) is 5.91 Å². The number of fused-ring (bicyclic) bond motifs is 2. The minimum absolute atomic E-state index is 0.00533. The summed E-state index contributed by atoms with van der Waals surface area (Å²) in [7, 11) is 0. The molecular formula is C22H26F3N3O. The Morgan fingerprint density at radius 3 is 2.90 bits per heavy atom. The zero-order chi connectivity index (χ0) is 20.8. The summed E-state index contributed by atoms with van der Waals surface area (Å²) in [6, 6.07) is 5.45. The number of nitrogens with zero attached hydrogens (tertiary/aromatic N) is 1. The fourth-order valence-electron chi connectivity index (χ4n) is 4.75. The first-order chi connectivity index (χ1) is 13.8. The van der Waals surface area contributed by atoms with Crippen LogP contribution in [-0.4, -0.2) is 47.1 Å². The predicted octanol–water partition coefficient (Wildman–Crippen LogP) is 4.27. The fraction of sp³-hybridized carbons (Fsp3) is 0.500. The zero-order valence-corrected chi connectivity index (χ0v) is 16.6. The summed E-state index contributed by atoms with van der Waals surface area (Å²) in [4.78, 5) is 17.5. The molecule has 2 aliphatic rings. The monoisotopic (exact) mass is 405 g/mol. The highest BCUT2D eigenvalue weighted by Gasteiger charge is 2.42. The van der Waals surface area contributed by atoms with Crippen molar-refractivity contribution in [2.24, 2.45) is 5.92 Å². The predicted molar refractivity (Wildman–Crippen MR) is 107 cm³/mol. The summed E-state index contributed by atoms with van der Waals surface area (Å²) >= 11 is 0. The third-order valence-electron chi connectivity index (χ3n) is 5.95. The molecule has 2 heterocycles. The molecule has 0 fully saturated rings. The first-order valence-corrected chi connectivity index (χ1v) is 10.2. The van der Waals surface area contributed by atoms with Gasteiger partial charge in [-0.3, -0.25) is 9.69 Å². The maximum absolute atomic E-state index is 13.3. The first kappa shape index (κ1) is 20.0. The number of carbonyl (C=O) groups is 1. The smallest absolute Gasteiger partial charge is 0.361 e. The number of nitrogens with one attached hydrogen (secondary N) is 2. The first-order valence-electron chi connectivity index (χ1n) is 10.2. The lowest BCUT2D eigenvalue weighted by Crippen LogP contribution is -2.52. The van der Waals surface area contributed by atoms with E-state index in [1.165, 1.54) is 4.90 Å². The number of carbonyl (C=O) groups excluding carboxylic acids is 1. The third-order valence-corrected chi connectivity index (χ3v) is 5.95. The van der Waals surface area contributed by atoms with Gasteiger partial charge in [0.1, 0.15) is 0 Å². The molecule has 29 heavy (non-hydrogen) atoms. The maximum atomic E-state index is 13.3. The van der Waals surface area contributed by atoms with Gasteiger partial charge in [-0.15, -0.1) is 0 Å². The molecule has 1 aliphatic carbocycles. The number of benzene rings is 1. The maximum Gasteiger partial charge on any atom is 0.401 e. The molecule has 0 spiro atoms. The van der Waals surface area contributed by atoms with E-state index in [0.717, 1.165) is 40.4 Å². The summed E-state index contributed by atoms with van der Waals surface area (Å²) in [5, 5.41) is 4.03. The van der Waals surface area contributed by atoms with Gasteiger partial charge in [-0.05, 0) is 42.5 Å². The quantitative estimate of drug-likeness (QED) is 0.780. The largest absolute Gasteiger partial charge is 0.401 e. The highest BCUT2D eigenvalue weighted by Crippen LogP contribution is 2.42. The molecule has 2 aromatic rings. The Morgan fingerprint density at radius 2 is 2.17 bits per heavy atom. The second kappa shape index (κ2) is 7.52. The van der Waals surface area contributed by atoms with E-state index in [0.29, 0.717) is 6.42 Å². The third kappa shape index (κ3) is 3.92. The molecule has 1 aliphatic heterocycles. The second-order valence-corrected chi connectivity index (χ2v) is 8.23. The van der Waals surface area contributed by atoms with Crippen LogP contribution in [0.1, 0.15) is 37.8 Å². The standard InChI is InChI=1S/C22H26F3N3O/c1-3-5-13(2)27-21(29)15-8-17-16-6-4-7-18-20(16)14(10-26-18)9-19(17)28(11-15)12-22(23,24)25/h4,6-8,10,13,15,19,26H,3,5,9,11-12H2,1-2H3,(H,27,29)/t13-,15-,19-/m1/s1. The van der Waals surface area contributed by atoms with Crippen LogP contribution in [0.3, 0.4) is 0 Å². The normalized spacial score (nSPS) is 22.9. The molecule has 1 aromatic heterocycles. The molecule has 4 nitrogen and oxygen atoms in total. The van der Waals surface area contributed by atoms with E-state index in [1.54, 1.807) is 0 Å². The topological polar surface area (TPSA) is 48.1 Å². The van der Waals surface area contributed by atoms with Crippen molar-refractivity contribution < 1.29 is 18.0 Å². The molecule has 0 bridgehead atoms. The van der Waals surface area contributed by atoms with Crippen LogP contribution in [0.4, 0.5) is 13.2 Å². The van der Waals surface area contributed by atoms with Gasteiger partial charge in [-0.25, -0.2) is 0 Å². The lowest BCUT2D eigenvalue weighted by molar-refractivity contribution is -0.152. The van der Waals surface area contributed by atoms with E-state index in [9.17, 15) is 18.0 Å². The van der Waals surface area contributed by atoms with Crippen LogP contribution in [0.25, 0.3) is 16.5 Å². The minimum atomic E-state index is -4.32. The molecule has 4 rings (SSSR count). The Balaban J connectivity index is 1.72. The minimum Gasteiger partial charge on any atom is -0.361 e. The van der Waals surface area contributed by atoms with Crippen molar-refractivity contribution in [1.82, 2.24) is 15.2 Å². The molecule has 2 N–H and O–H groups in total. The Hall–Kier alpha value is -2.28. The van der Waals surface area contributed by atoms with Gasteiger partial charge in [-0.1, -0.05) is 31.6 Å². The van der Waals surface area contributed by atoms with E-state index in [-0.39, 0.29) is 24.5 Å². The van der Waals surface area contributed by atoms with Gasteiger partial charge in [0, 0.05) is 35.7 Å². The van der Waals surface area contributed by atoms with Crippen molar-refractivity contribution >= 4 is 22.4 Å². The number of H-pyrrole nitrogens is 1. The van der Waals surface area contributed by atoms with E-state index in [2.05, 4.69) is 10.3 Å². The van der Waals surface area contributed by atoms with Crippen LogP contribution in [0.15, 0.2) is 30.5 Å². The van der Waals surface area contributed by atoms with Crippen LogP contribution in [-0.2, 0) is 11.2 Å². The number of hydrogen-bond acceptors (Lipinski definition) is 2. The Labute approximate surface area is 168 Å². The summed E-state index contributed by atoms with van der Waals surface area (Å²) in [5.74, 6) is -0.797. The van der Waals surface area contributed by atoms with Crippen molar-refractivity contribution in [3.05, 3.63) is 41.6 Å². The van der Waals surface area contributed by atoms with Crippen LogP contribution >= 0.6 is 0 Å². The Bertz CT molecular complexity index is 946. The van der Waals surface area contributed by atoms with E-state index in [1.807, 2.05) is 44.3 Å². The number of aromatic amines is 1. The number of amides is 1. The molecule has 1 aromatic carbocycles. The second-order valence-electron chi connectivity index (χ2n) is 8.23. The molecule has 3 atom stereocenters. The Kier molecular flexibility index (Phi) is 5.19. The molecule has 7 heteroatoms. The lowest BCUT2D eigenvalue weighted by Gasteiger charge is -2.42. The van der Waals surface area contributed by atoms with Crippen molar-refractivity contribution in [2.75, 3.05) is 13.1 Å². The molecular weight excluding hydrogens is 379 g/mol. The van der Waals surface area contributed by atoms with Crippen LogP contribution < -0.4 is 5.32 Å². The highest BCUT2D eigenvalue weighted by atomic mass is 19.4. The average Bonchev–Trinajstić information content (AvgIpc) is 3.05. The number of alkyl halides is 3. The highest BCUT2D eigenvalue weighted by molar-refractivity contribution is 5.99. The van der Waals surface area contributed by atoms with E-state index < -0.39 is 18.6 Å². The number of aromatic nitrogens is 1.